The van der Waals surface area contributed by atoms with E-state index in [2.05, 4.69) is 0 Å². The molecule has 0 aromatic rings. The summed E-state index contributed by atoms with van der Waals surface area (Å²) in [5, 5.41) is 8.28. The molecule has 0 bridgehead atoms. The molecule has 4 heteroatoms. The maximum absolute atomic E-state index is 11.0. The Morgan fingerprint density at radius 1 is 1.45 bits per heavy atom. The Bertz CT molecular complexity index is 175. The first-order valence-corrected chi connectivity index (χ1v) is 3.74. The summed E-state index contributed by atoms with van der Waals surface area (Å²) >= 11 is 5.46. The lowest BCUT2D eigenvalue weighted by Crippen LogP contribution is -2.27. The maximum atomic E-state index is 11.0. The molecule has 0 radical (unpaired) electrons. The number of hydrogen-bond donors (Lipinski definition) is 1. The second kappa shape index (κ2) is 3.72. The fraction of sp³-hybridized carbons (Fsp3) is 0.714. The van der Waals surface area contributed by atoms with Crippen molar-refractivity contribution in [2.24, 2.45) is 5.41 Å². The summed E-state index contributed by atoms with van der Waals surface area (Å²) in [6.45, 7) is 3.26. The van der Waals surface area contributed by atoms with Gasteiger partial charge in [0.2, 0.25) is 0 Å². The largest absolute Gasteiger partial charge is 0.481 e. The van der Waals surface area contributed by atoms with Gasteiger partial charge in [0.1, 0.15) is 6.42 Å². The molecule has 0 heterocycles. The van der Waals surface area contributed by atoms with Crippen LogP contribution >= 0.6 is 11.6 Å². The summed E-state index contributed by atoms with van der Waals surface area (Å²) in [7, 11) is 0. The smallest absolute Gasteiger partial charge is 0.310 e. The molecule has 0 aliphatic heterocycles. The average Bonchev–Trinajstić information content (AvgIpc) is 1.86. The van der Waals surface area contributed by atoms with Crippen molar-refractivity contribution in [3.63, 3.8) is 0 Å². The first kappa shape index (κ1) is 10.4. The molecule has 0 atom stereocenters. The first-order chi connectivity index (χ1) is 4.90. The van der Waals surface area contributed by atoms with E-state index in [4.69, 9.17) is 16.7 Å². The van der Waals surface area contributed by atoms with E-state index in [1.165, 1.54) is 0 Å². The number of carbonyl (C=O) groups is 2. The minimum Gasteiger partial charge on any atom is -0.481 e. The molecule has 0 aromatic heterocycles. The van der Waals surface area contributed by atoms with Crippen LogP contribution in [0.25, 0.3) is 0 Å². The van der Waals surface area contributed by atoms with Crippen LogP contribution in [-0.4, -0.2) is 22.7 Å². The van der Waals surface area contributed by atoms with Crippen LogP contribution in [0.2, 0.25) is 0 Å². The molecule has 0 aliphatic carbocycles. The van der Waals surface area contributed by atoms with Gasteiger partial charge in [-0.05, 0) is 0 Å². The van der Waals surface area contributed by atoms with Crippen molar-refractivity contribution in [1.82, 2.24) is 0 Å². The number of ketones is 1. The van der Waals surface area contributed by atoms with Crippen LogP contribution < -0.4 is 0 Å². The molecule has 0 amide bonds. The van der Waals surface area contributed by atoms with Crippen LogP contribution in [0.4, 0.5) is 0 Å². The van der Waals surface area contributed by atoms with Crippen LogP contribution in [-0.2, 0) is 9.59 Å². The molecular formula is C7H11ClO3. The molecular weight excluding hydrogens is 168 g/mol. The zero-order valence-electron chi connectivity index (χ0n) is 6.56. The number of carboxylic acids is 1. The lowest BCUT2D eigenvalue weighted by atomic mass is 9.89. The van der Waals surface area contributed by atoms with E-state index in [1.54, 1.807) is 13.8 Å². The Balaban J connectivity index is 4.13. The Labute approximate surface area is 70.3 Å². The van der Waals surface area contributed by atoms with E-state index in [0.717, 1.165) is 0 Å². The van der Waals surface area contributed by atoms with E-state index in [9.17, 15) is 9.59 Å². The number of rotatable bonds is 4. The standard InChI is InChI=1S/C7H11ClO3/c1-7(2,4-8)5(9)3-6(10)11/h3-4H2,1-2H3,(H,10,11). The van der Waals surface area contributed by atoms with Gasteiger partial charge in [-0.3, -0.25) is 9.59 Å². The van der Waals surface area contributed by atoms with Gasteiger partial charge in [-0.25, -0.2) is 0 Å². The fourth-order valence-electron chi connectivity index (χ4n) is 0.451. The van der Waals surface area contributed by atoms with Crippen LogP contribution in [0, 0.1) is 5.41 Å². The molecule has 64 valence electrons. The highest BCUT2D eigenvalue weighted by molar-refractivity contribution is 6.20. The Kier molecular flexibility index (Phi) is 3.52. The summed E-state index contributed by atoms with van der Waals surface area (Å²) in [6.07, 6.45) is -0.445. The van der Waals surface area contributed by atoms with Gasteiger partial charge in [-0.15, -0.1) is 11.6 Å². The monoisotopic (exact) mass is 178 g/mol. The van der Waals surface area contributed by atoms with E-state index in [-0.39, 0.29) is 11.7 Å². The number of carbonyl (C=O) groups excluding carboxylic acids is 1. The fourth-order valence-corrected chi connectivity index (χ4v) is 0.600. The average molecular weight is 179 g/mol. The van der Waals surface area contributed by atoms with E-state index >= 15 is 0 Å². The molecule has 1 N–H and O–H groups in total. The lowest BCUT2D eigenvalue weighted by molar-refractivity contribution is -0.142. The third-order valence-electron chi connectivity index (χ3n) is 1.40. The highest BCUT2D eigenvalue weighted by Crippen LogP contribution is 2.19. The number of halogens is 1. The zero-order valence-corrected chi connectivity index (χ0v) is 7.31. The van der Waals surface area contributed by atoms with Crippen LogP contribution in [0.5, 0.6) is 0 Å². The molecule has 0 aromatic carbocycles. The van der Waals surface area contributed by atoms with Crippen molar-refractivity contribution >= 4 is 23.4 Å². The second-order valence-electron chi connectivity index (χ2n) is 3.01. The van der Waals surface area contributed by atoms with Gasteiger partial charge < -0.3 is 5.11 Å². The van der Waals surface area contributed by atoms with Gasteiger partial charge in [0, 0.05) is 11.3 Å². The second-order valence-corrected chi connectivity index (χ2v) is 3.28. The van der Waals surface area contributed by atoms with Gasteiger partial charge in [-0.1, -0.05) is 13.8 Å². The minimum absolute atomic E-state index is 0.152. The number of Topliss-reactive ketones (excluding diaryl/α,β-unsaturated/α-hetero) is 1. The third-order valence-corrected chi connectivity index (χ3v) is 2.07. The molecule has 0 unspecified atom stereocenters. The van der Waals surface area contributed by atoms with Crippen molar-refractivity contribution in [3.8, 4) is 0 Å². The number of carboxylic acid groups (broad SMARTS) is 1. The van der Waals surface area contributed by atoms with E-state index in [0.29, 0.717) is 0 Å². The summed E-state index contributed by atoms with van der Waals surface area (Å²) in [5.74, 6) is -1.28. The van der Waals surface area contributed by atoms with E-state index < -0.39 is 17.8 Å². The topological polar surface area (TPSA) is 54.4 Å². The maximum Gasteiger partial charge on any atom is 0.310 e. The Morgan fingerprint density at radius 3 is 2.18 bits per heavy atom. The van der Waals surface area contributed by atoms with E-state index in [1.807, 2.05) is 0 Å². The molecule has 0 saturated heterocycles. The number of aliphatic carboxylic acids is 1. The molecule has 0 spiro atoms. The van der Waals surface area contributed by atoms with Gasteiger partial charge in [-0.2, -0.15) is 0 Å². The van der Waals surface area contributed by atoms with Crippen molar-refractivity contribution in [1.29, 1.82) is 0 Å². The number of alkyl halides is 1. The predicted octanol–water partition coefficient (Wildman–Crippen LogP) is 1.30. The summed E-state index contributed by atoms with van der Waals surface area (Å²) in [6, 6.07) is 0. The highest BCUT2D eigenvalue weighted by Gasteiger charge is 2.27. The Morgan fingerprint density at radius 2 is 1.91 bits per heavy atom. The van der Waals surface area contributed by atoms with Gasteiger partial charge in [0.15, 0.2) is 5.78 Å². The molecule has 0 saturated carbocycles. The molecule has 0 aliphatic rings. The molecule has 0 rings (SSSR count). The molecule has 0 fully saturated rings. The van der Waals surface area contributed by atoms with Crippen LogP contribution in [0.15, 0.2) is 0 Å². The zero-order chi connectivity index (χ0) is 9.07. The number of hydrogen-bond acceptors (Lipinski definition) is 2. The van der Waals surface area contributed by atoms with Crippen molar-refractivity contribution in [2.75, 3.05) is 5.88 Å². The minimum atomic E-state index is -1.10. The summed E-state index contributed by atoms with van der Waals surface area (Å²) < 4.78 is 0. The predicted molar refractivity (Wildman–Crippen MR) is 41.8 cm³/mol. The SMILES string of the molecule is CC(C)(CCl)C(=O)CC(=O)O. The summed E-state index contributed by atoms with van der Waals surface area (Å²) in [4.78, 5) is 21.1. The van der Waals surface area contributed by atoms with Gasteiger partial charge in [0.25, 0.3) is 0 Å². The Hall–Kier alpha value is -0.570. The molecule has 3 nitrogen and oxygen atoms in total. The van der Waals surface area contributed by atoms with Gasteiger partial charge >= 0.3 is 5.97 Å². The normalized spacial score (nSPS) is 11.2. The van der Waals surface area contributed by atoms with Crippen molar-refractivity contribution < 1.29 is 14.7 Å². The lowest BCUT2D eigenvalue weighted by Gasteiger charge is -2.17. The molecule has 11 heavy (non-hydrogen) atoms. The van der Waals surface area contributed by atoms with Gasteiger partial charge in [0.05, 0.1) is 0 Å². The quantitative estimate of drug-likeness (QED) is 0.522. The van der Waals surface area contributed by atoms with Crippen LogP contribution in [0.1, 0.15) is 20.3 Å². The first-order valence-electron chi connectivity index (χ1n) is 3.21. The van der Waals surface area contributed by atoms with Crippen molar-refractivity contribution in [3.05, 3.63) is 0 Å². The van der Waals surface area contributed by atoms with Crippen molar-refractivity contribution in [2.45, 2.75) is 20.3 Å². The van der Waals surface area contributed by atoms with Crippen LogP contribution in [0.3, 0.4) is 0 Å². The summed E-state index contributed by atoms with van der Waals surface area (Å²) in [5.41, 5.74) is -0.722. The third kappa shape index (κ3) is 3.37. The highest BCUT2D eigenvalue weighted by atomic mass is 35.5.